The second-order valence-electron chi connectivity index (χ2n) is 11.6. The maximum atomic E-state index is 13.1. The van der Waals surface area contributed by atoms with Gasteiger partial charge in [-0.05, 0) is 96.1 Å². The Morgan fingerprint density at radius 1 is 0.451 bits per heavy atom. The Labute approximate surface area is 288 Å². The number of alkyl halides is 6. The quantitative estimate of drug-likeness (QED) is 0.155. The normalized spacial score (nSPS) is 16.2. The summed E-state index contributed by atoms with van der Waals surface area (Å²) in [7, 11) is 0. The topological polar surface area (TPSA) is 64.6 Å². The Morgan fingerprint density at radius 2 is 0.824 bits per heavy atom. The van der Waals surface area contributed by atoms with Gasteiger partial charge in [-0.2, -0.15) is 26.3 Å². The van der Waals surface area contributed by atoms with Gasteiger partial charge in [-0.1, -0.05) is 60.7 Å². The lowest BCUT2D eigenvalue weighted by molar-refractivity contribution is -0.138. The predicted octanol–water partition coefficient (Wildman–Crippen LogP) is 10.7. The molecule has 4 aromatic carbocycles. The van der Waals surface area contributed by atoms with Crippen LogP contribution in [0.25, 0.3) is 11.1 Å². The van der Waals surface area contributed by atoms with E-state index in [0.29, 0.717) is 34.4 Å². The zero-order chi connectivity index (χ0) is 35.6. The van der Waals surface area contributed by atoms with Crippen molar-refractivity contribution in [1.82, 2.24) is 4.98 Å². The van der Waals surface area contributed by atoms with Gasteiger partial charge in [0, 0.05) is 33.9 Å². The largest absolute Gasteiger partial charge is 0.416 e. The van der Waals surface area contributed by atoms with E-state index >= 15 is 0 Å². The summed E-state index contributed by atoms with van der Waals surface area (Å²) in [5.41, 5.74) is 5.64. The van der Waals surface area contributed by atoms with E-state index in [1.54, 1.807) is 12.2 Å². The highest BCUT2D eigenvalue weighted by Crippen LogP contribution is 2.36. The lowest BCUT2D eigenvalue weighted by Gasteiger charge is -2.11. The Hall–Kier alpha value is -6.36. The summed E-state index contributed by atoms with van der Waals surface area (Å²) in [6.45, 7) is 0. The molecule has 3 heterocycles. The molecular weight excluding hydrogens is 664 g/mol. The van der Waals surface area contributed by atoms with Crippen molar-refractivity contribution in [1.29, 1.82) is 0 Å². The van der Waals surface area contributed by atoms with Crippen LogP contribution < -0.4 is 10.6 Å². The molecule has 0 unspecified atom stereocenters. The molecule has 0 spiro atoms. The number of aliphatic imine (C=N–C) groups is 2. The average Bonchev–Trinajstić information content (AvgIpc) is 3.89. The van der Waals surface area contributed by atoms with E-state index < -0.39 is 23.5 Å². The molecule has 0 amide bonds. The number of amidine groups is 2. The molecule has 0 aliphatic carbocycles. The van der Waals surface area contributed by atoms with Gasteiger partial charge in [0.2, 0.25) is 0 Å². The van der Waals surface area contributed by atoms with E-state index in [9.17, 15) is 26.3 Å². The third-order valence-corrected chi connectivity index (χ3v) is 8.11. The van der Waals surface area contributed by atoms with E-state index in [4.69, 9.17) is 9.98 Å². The highest BCUT2D eigenvalue weighted by Gasteiger charge is 2.31. The molecule has 0 atom stereocenters. The minimum absolute atomic E-state index is 0.465. The van der Waals surface area contributed by atoms with Crippen LogP contribution in [-0.4, -0.2) is 16.7 Å². The molecular formula is C40H27F6N5. The summed E-state index contributed by atoms with van der Waals surface area (Å²) >= 11 is 0. The molecule has 11 heteroatoms. The van der Waals surface area contributed by atoms with Gasteiger partial charge >= 0.3 is 12.4 Å². The summed E-state index contributed by atoms with van der Waals surface area (Å²) in [4.78, 5) is 13.1. The van der Waals surface area contributed by atoms with E-state index in [2.05, 4.69) is 15.6 Å². The van der Waals surface area contributed by atoms with Crippen LogP contribution in [-0.2, 0) is 12.4 Å². The molecule has 3 N–H and O–H groups in total. The Bertz CT molecular complexity index is 2080. The van der Waals surface area contributed by atoms with E-state index in [0.717, 1.165) is 57.9 Å². The van der Waals surface area contributed by atoms with E-state index in [-0.39, 0.29) is 0 Å². The zero-order valence-electron chi connectivity index (χ0n) is 26.5. The Balaban J connectivity index is 1.23. The lowest BCUT2D eigenvalue weighted by atomic mass is 10.0. The summed E-state index contributed by atoms with van der Waals surface area (Å²) in [6.07, 6.45) is -1.64. The number of hydrogen-bond donors (Lipinski definition) is 3. The molecule has 2 aliphatic rings. The molecule has 0 bridgehead atoms. The van der Waals surface area contributed by atoms with Crippen LogP contribution in [0.4, 0.5) is 37.7 Å². The van der Waals surface area contributed by atoms with Gasteiger partial charge in [-0.3, -0.25) is 0 Å². The molecule has 5 aromatic rings. The van der Waals surface area contributed by atoms with Crippen LogP contribution in [0.2, 0.25) is 0 Å². The van der Waals surface area contributed by atoms with Crippen LogP contribution in [0, 0.1) is 0 Å². The first-order valence-corrected chi connectivity index (χ1v) is 15.7. The monoisotopic (exact) mass is 691 g/mol. The molecule has 7 rings (SSSR count). The number of allylic oxidation sites excluding steroid dienone is 2. The molecule has 254 valence electrons. The third-order valence-electron chi connectivity index (χ3n) is 8.11. The van der Waals surface area contributed by atoms with Crippen molar-refractivity contribution >= 4 is 34.2 Å². The summed E-state index contributed by atoms with van der Waals surface area (Å²) in [5, 5.41) is 6.17. The first-order chi connectivity index (χ1) is 24.5. The van der Waals surface area contributed by atoms with Gasteiger partial charge < -0.3 is 15.6 Å². The van der Waals surface area contributed by atoms with Gasteiger partial charge in [0.1, 0.15) is 11.7 Å². The van der Waals surface area contributed by atoms with Crippen molar-refractivity contribution in [3.8, 4) is 0 Å². The average molecular weight is 692 g/mol. The minimum Gasteiger partial charge on any atom is -0.354 e. The van der Waals surface area contributed by atoms with Crippen molar-refractivity contribution in [2.75, 3.05) is 10.6 Å². The van der Waals surface area contributed by atoms with Gasteiger partial charge in [-0.25, -0.2) is 9.98 Å². The molecule has 51 heavy (non-hydrogen) atoms. The Morgan fingerprint density at radius 3 is 1.18 bits per heavy atom. The number of nitrogens with one attached hydrogen (secondary N) is 3. The Kier molecular flexibility index (Phi) is 8.78. The van der Waals surface area contributed by atoms with Crippen LogP contribution in [0.3, 0.4) is 0 Å². The molecule has 5 nitrogen and oxygen atoms in total. The summed E-state index contributed by atoms with van der Waals surface area (Å²) in [6, 6.07) is 32.8. The van der Waals surface area contributed by atoms with Crippen molar-refractivity contribution < 1.29 is 26.3 Å². The lowest BCUT2D eigenvalue weighted by Crippen LogP contribution is -2.08. The molecule has 1 aromatic heterocycles. The molecule has 0 saturated carbocycles. The van der Waals surface area contributed by atoms with Crippen molar-refractivity contribution in [3.05, 3.63) is 191 Å². The van der Waals surface area contributed by atoms with Gasteiger partial charge in [0.15, 0.2) is 0 Å². The van der Waals surface area contributed by atoms with Crippen LogP contribution in [0.15, 0.2) is 167 Å². The third kappa shape index (κ3) is 7.47. The fraction of sp³-hybridized carbons (Fsp3) is 0.0500. The minimum atomic E-state index is -4.43. The summed E-state index contributed by atoms with van der Waals surface area (Å²) < 4.78 is 78.3. The number of H-pyrrole nitrogens is 1. The number of anilines is 2. The number of aromatic nitrogens is 1. The van der Waals surface area contributed by atoms with Crippen molar-refractivity contribution in [3.63, 3.8) is 0 Å². The van der Waals surface area contributed by atoms with Crippen molar-refractivity contribution in [2.24, 2.45) is 9.98 Å². The maximum Gasteiger partial charge on any atom is 0.416 e. The number of halogens is 6. The van der Waals surface area contributed by atoms with Crippen LogP contribution in [0.1, 0.15) is 33.6 Å². The number of hydrogen-bond acceptors (Lipinski definition) is 4. The van der Waals surface area contributed by atoms with Crippen LogP contribution in [0.5, 0.6) is 0 Å². The molecule has 0 radical (unpaired) electrons. The highest BCUT2D eigenvalue weighted by molar-refractivity contribution is 6.09. The smallest absolute Gasteiger partial charge is 0.354 e. The van der Waals surface area contributed by atoms with E-state index in [1.807, 2.05) is 84.9 Å². The van der Waals surface area contributed by atoms with Gasteiger partial charge in [0.05, 0.1) is 22.5 Å². The number of benzene rings is 4. The molecule has 0 fully saturated rings. The van der Waals surface area contributed by atoms with Crippen LogP contribution >= 0.6 is 0 Å². The zero-order valence-corrected chi connectivity index (χ0v) is 26.5. The molecule has 2 aliphatic heterocycles. The number of rotatable bonds is 6. The fourth-order valence-corrected chi connectivity index (χ4v) is 5.70. The second kappa shape index (κ2) is 13.5. The predicted molar refractivity (Wildman–Crippen MR) is 189 cm³/mol. The molecule has 0 saturated heterocycles. The SMILES string of the molecule is FC(F)(F)c1ccc(NC2=N/C(=C(/c3ccccc3)c3ccc(/C(=C4/C=CC(Nc5ccc(C(F)(F)F)cc5)=N4)c4ccccc4)[nH]3)C=C2)cc1. The second-order valence-corrected chi connectivity index (χ2v) is 11.6. The van der Waals surface area contributed by atoms with Gasteiger partial charge in [0.25, 0.3) is 0 Å². The fourth-order valence-electron chi connectivity index (χ4n) is 5.70. The van der Waals surface area contributed by atoms with Gasteiger partial charge in [-0.15, -0.1) is 0 Å². The maximum absolute atomic E-state index is 13.1. The first-order valence-electron chi connectivity index (χ1n) is 15.7. The number of aromatic amines is 1. The summed E-state index contributed by atoms with van der Waals surface area (Å²) in [5.74, 6) is 0.936. The number of nitrogens with zero attached hydrogens (tertiary/aromatic N) is 2. The standard InChI is InChI=1S/C40H27F6N5/c41-39(42,43)27-11-15-29(16-12-27)47-35-23-21-33(50-35)37(25-7-3-1-4-8-25)31-19-20-32(49-31)38(26-9-5-2-6-10-26)34-22-24-36(51-34)48-30-17-13-28(14-18-30)40(44,45)46/h1-24,49H,(H,47,50)(H,48,51)/b37-33-,38-34-. The van der Waals surface area contributed by atoms with Crippen molar-refractivity contribution in [2.45, 2.75) is 12.4 Å². The van der Waals surface area contributed by atoms with E-state index in [1.165, 1.54) is 24.3 Å². The first kappa shape index (κ1) is 33.2. The highest BCUT2D eigenvalue weighted by atomic mass is 19.4.